The van der Waals surface area contributed by atoms with Crippen molar-refractivity contribution < 1.29 is 28.0 Å². The second-order valence-electron chi connectivity index (χ2n) is 6.27. The van der Waals surface area contributed by atoms with E-state index in [2.05, 4.69) is 0 Å². The van der Waals surface area contributed by atoms with Crippen LogP contribution in [-0.2, 0) is 14.8 Å². The Morgan fingerprint density at radius 2 is 1.82 bits per heavy atom. The van der Waals surface area contributed by atoms with E-state index in [-0.39, 0.29) is 22.3 Å². The van der Waals surface area contributed by atoms with Gasteiger partial charge < -0.3 is 9.84 Å². The molecule has 9 nitrogen and oxygen atoms in total. The number of carboxylic acids is 1. The van der Waals surface area contributed by atoms with Crippen molar-refractivity contribution in [3.05, 3.63) is 58.1 Å². The Bertz CT molecular complexity index is 985. The first-order chi connectivity index (χ1) is 13.0. The zero-order valence-corrected chi connectivity index (χ0v) is 16.3. The molecule has 0 aliphatic carbocycles. The third kappa shape index (κ3) is 4.77. The third-order valence-electron chi connectivity index (χ3n) is 3.73. The molecule has 0 aromatic heterocycles. The van der Waals surface area contributed by atoms with Gasteiger partial charge in [-0.25, -0.2) is 8.42 Å². The molecule has 2 aromatic rings. The van der Waals surface area contributed by atoms with Gasteiger partial charge in [0.1, 0.15) is 12.3 Å². The number of benzene rings is 2. The van der Waals surface area contributed by atoms with E-state index in [1.807, 2.05) is 13.8 Å². The Labute approximate surface area is 162 Å². The molecule has 0 amide bonds. The molecule has 0 radical (unpaired) electrons. The van der Waals surface area contributed by atoms with Crippen molar-refractivity contribution in [2.75, 3.05) is 10.8 Å². The van der Waals surface area contributed by atoms with Crippen LogP contribution in [0.2, 0.25) is 0 Å². The molecule has 0 fully saturated rings. The minimum Gasteiger partial charge on any atom is -0.491 e. The highest BCUT2D eigenvalue weighted by Gasteiger charge is 2.30. The summed E-state index contributed by atoms with van der Waals surface area (Å²) < 4.78 is 32.5. The molecule has 0 bridgehead atoms. The normalized spacial score (nSPS) is 11.3. The number of ether oxygens (including phenoxy) is 1. The van der Waals surface area contributed by atoms with Gasteiger partial charge in [0, 0.05) is 12.1 Å². The second-order valence-corrected chi connectivity index (χ2v) is 8.10. The molecule has 0 spiro atoms. The third-order valence-corrected chi connectivity index (χ3v) is 5.64. The molecular formula is C18H20N2O7S. The van der Waals surface area contributed by atoms with Crippen LogP contribution in [0.5, 0.6) is 5.75 Å². The van der Waals surface area contributed by atoms with Gasteiger partial charge in [-0.1, -0.05) is 6.07 Å². The largest absolute Gasteiger partial charge is 0.491 e. The topological polar surface area (TPSA) is 127 Å². The average Bonchev–Trinajstić information content (AvgIpc) is 2.59. The van der Waals surface area contributed by atoms with Crippen LogP contribution in [0.4, 0.5) is 11.4 Å². The van der Waals surface area contributed by atoms with E-state index in [1.54, 1.807) is 0 Å². The molecule has 1 N–H and O–H groups in total. The lowest BCUT2D eigenvalue weighted by Gasteiger charge is -2.24. The maximum Gasteiger partial charge on any atom is 0.324 e. The van der Waals surface area contributed by atoms with Crippen molar-refractivity contribution in [1.82, 2.24) is 0 Å². The zero-order valence-electron chi connectivity index (χ0n) is 15.5. The van der Waals surface area contributed by atoms with Crippen LogP contribution in [0, 0.1) is 17.0 Å². The van der Waals surface area contributed by atoms with E-state index in [0.717, 1.165) is 6.07 Å². The van der Waals surface area contributed by atoms with Gasteiger partial charge in [-0.3, -0.25) is 19.2 Å². The van der Waals surface area contributed by atoms with Gasteiger partial charge in [-0.15, -0.1) is 0 Å². The van der Waals surface area contributed by atoms with E-state index in [4.69, 9.17) is 4.74 Å². The lowest BCUT2D eigenvalue weighted by atomic mass is 10.2. The van der Waals surface area contributed by atoms with Crippen LogP contribution in [0.3, 0.4) is 0 Å². The number of carbonyl (C=O) groups is 1. The van der Waals surface area contributed by atoms with Crippen LogP contribution in [0.15, 0.2) is 47.4 Å². The Morgan fingerprint density at radius 1 is 1.21 bits per heavy atom. The summed E-state index contributed by atoms with van der Waals surface area (Å²) in [7, 11) is -4.36. The number of rotatable bonds is 8. The van der Waals surface area contributed by atoms with E-state index >= 15 is 0 Å². The van der Waals surface area contributed by atoms with Crippen LogP contribution < -0.4 is 9.04 Å². The second kappa shape index (κ2) is 8.26. The molecule has 2 aromatic carbocycles. The smallest absolute Gasteiger partial charge is 0.324 e. The van der Waals surface area contributed by atoms with Crippen molar-refractivity contribution >= 4 is 27.4 Å². The van der Waals surface area contributed by atoms with E-state index < -0.39 is 33.1 Å². The Balaban J connectivity index is 2.54. The fraction of sp³-hybridized carbons (Fsp3) is 0.278. The molecule has 0 aliphatic heterocycles. The predicted octanol–water partition coefficient (Wildman–Crippen LogP) is 2.97. The van der Waals surface area contributed by atoms with Gasteiger partial charge in [-0.2, -0.15) is 0 Å². The fourth-order valence-corrected chi connectivity index (χ4v) is 4.16. The summed E-state index contributed by atoms with van der Waals surface area (Å²) in [4.78, 5) is 21.3. The Hall–Kier alpha value is -3.14. The molecule has 28 heavy (non-hydrogen) atoms. The minimum atomic E-state index is -4.36. The zero-order chi connectivity index (χ0) is 21.1. The van der Waals surface area contributed by atoms with Crippen molar-refractivity contribution in [2.24, 2.45) is 0 Å². The summed E-state index contributed by atoms with van der Waals surface area (Å²) >= 11 is 0. The van der Waals surface area contributed by atoms with Crippen molar-refractivity contribution in [1.29, 1.82) is 0 Å². The maximum atomic E-state index is 13.1. The number of hydrogen-bond acceptors (Lipinski definition) is 6. The number of non-ortho nitro benzene ring substituents is 1. The number of aliphatic carboxylic acids is 1. The first kappa shape index (κ1) is 21.2. The Kier molecular flexibility index (Phi) is 6.24. The number of carboxylic acid groups (broad SMARTS) is 1. The molecule has 0 saturated carbocycles. The van der Waals surface area contributed by atoms with Crippen LogP contribution in [-0.4, -0.2) is 37.1 Å². The molecule has 0 saturated heterocycles. The van der Waals surface area contributed by atoms with Gasteiger partial charge in [0.25, 0.3) is 15.7 Å². The molecule has 150 valence electrons. The highest BCUT2D eigenvalue weighted by molar-refractivity contribution is 7.93. The van der Waals surface area contributed by atoms with E-state index in [0.29, 0.717) is 10.1 Å². The highest BCUT2D eigenvalue weighted by atomic mass is 32.2. The fourth-order valence-electron chi connectivity index (χ4n) is 2.50. The molecule has 0 heterocycles. The molecule has 0 unspecified atom stereocenters. The molecular weight excluding hydrogens is 388 g/mol. The number of nitrogens with zero attached hydrogens (tertiary/aromatic N) is 2. The van der Waals surface area contributed by atoms with Crippen molar-refractivity contribution in [3.63, 3.8) is 0 Å². The number of sulfonamides is 1. The van der Waals surface area contributed by atoms with Gasteiger partial charge >= 0.3 is 5.97 Å². The summed E-state index contributed by atoms with van der Waals surface area (Å²) in [6.07, 6.45) is -0.0859. The van der Waals surface area contributed by atoms with Crippen molar-refractivity contribution in [2.45, 2.75) is 31.8 Å². The molecule has 10 heteroatoms. The summed E-state index contributed by atoms with van der Waals surface area (Å²) in [5.41, 5.74) is -0.0368. The number of nitro groups is 1. The predicted molar refractivity (Wildman–Crippen MR) is 102 cm³/mol. The number of anilines is 1. The number of hydrogen-bond donors (Lipinski definition) is 1. The van der Waals surface area contributed by atoms with Gasteiger partial charge in [0.15, 0.2) is 0 Å². The lowest BCUT2D eigenvalue weighted by Crippen LogP contribution is -2.36. The maximum absolute atomic E-state index is 13.1. The first-order valence-electron chi connectivity index (χ1n) is 8.28. The quantitative estimate of drug-likeness (QED) is 0.525. The van der Waals surface area contributed by atoms with E-state index in [1.165, 1.54) is 43.3 Å². The molecule has 0 aliphatic rings. The minimum absolute atomic E-state index is 0.0859. The summed E-state index contributed by atoms with van der Waals surface area (Å²) in [6, 6.07) is 9.32. The average molecular weight is 408 g/mol. The summed E-state index contributed by atoms with van der Waals surface area (Å²) in [5, 5.41) is 20.2. The van der Waals surface area contributed by atoms with E-state index in [9.17, 15) is 28.4 Å². The van der Waals surface area contributed by atoms with Gasteiger partial charge in [0.2, 0.25) is 0 Å². The monoisotopic (exact) mass is 408 g/mol. The highest BCUT2D eigenvalue weighted by Crippen LogP contribution is 2.29. The first-order valence-corrected chi connectivity index (χ1v) is 9.72. The standard InChI is InChI=1S/C18H20N2O7S/c1-12(2)27-16-8-6-14(7-9-16)19(11-18(21)22)28(25,26)17-10-15(20(23)24)5-4-13(17)3/h4-10,12H,11H2,1-3H3,(H,21,22). The van der Waals surface area contributed by atoms with Gasteiger partial charge in [-0.05, 0) is 50.6 Å². The molecule has 0 atom stereocenters. The summed E-state index contributed by atoms with van der Waals surface area (Å²) in [6.45, 7) is 4.31. The number of aryl methyl sites for hydroxylation is 1. The van der Waals surface area contributed by atoms with Crippen LogP contribution >= 0.6 is 0 Å². The van der Waals surface area contributed by atoms with Crippen LogP contribution in [0.25, 0.3) is 0 Å². The SMILES string of the molecule is Cc1ccc([N+](=O)[O-])cc1S(=O)(=O)N(CC(=O)O)c1ccc(OC(C)C)cc1. The number of nitro benzene ring substituents is 1. The van der Waals surface area contributed by atoms with Crippen molar-refractivity contribution in [3.8, 4) is 5.75 Å². The lowest BCUT2D eigenvalue weighted by molar-refractivity contribution is -0.385. The Morgan fingerprint density at radius 3 is 2.32 bits per heavy atom. The molecule has 2 rings (SSSR count). The summed E-state index contributed by atoms with van der Waals surface area (Å²) in [5.74, 6) is -0.868. The van der Waals surface area contributed by atoms with Crippen LogP contribution in [0.1, 0.15) is 19.4 Å². The van der Waals surface area contributed by atoms with Gasteiger partial charge in [0.05, 0.1) is 21.6 Å².